The van der Waals surface area contributed by atoms with E-state index in [0.29, 0.717) is 49.4 Å². The maximum absolute atomic E-state index is 13.3. The van der Waals surface area contributed by atoms with Crippen molar-refractivity contribution < 1.29 is 14.0 Å². The number of pyridine rings is 1. The first-order valence-corrected chi connectivity index (χ1v) is 13.9. The third kappa shape index (κ3) is 5.02. The molecule has 0 unspecified atom stereocenters. The summed E-state index contributed by atoms with van der Waals surface area (Å²) in [6.07, 6.45) is 3.29. The summed E-state index contributed by atoms with van der Waals surface area (Å²) < 4.78 is 7.06. The predicted molar refractivity (Wildman–Crippen MR) is 153 cm³/mol. The van der Waals surface area contributed by atoms with Gasteiger partial charge in [0, 0.05) is 50.5 Å². The van der Waals surface area contributed by atoms with Crippen molar-refractivity contribution in [1.82, 2.24) is 14.5 Å². The highest BCUT2D eigenvalue weighted by Crippen LogP contribution is 2.39. The molecule has 0 N–H and O–H groups in total. The van der Waals surface area contributed by atoms with Crippen LogP contribution in [0.2, 0.25) is 0 Å². The topological polar surface area (TPSA) is 91.9 Å². The minimum atomic E-state index is -1.15. The van der Waals surface area contributed by atoms with Crippen molar-refractivity contribution in [2.75, 3.05) is 29.9 Å². The zero-order chi connectivity index (χ0) is 27.9. The van der Waals surface area contributed by atoms with E-state index in [2.05, 4.69) is 9.88 Å². The minimum Gasteiger partial charge on any atom is -0.464 e. The molecular weight excluding hydrogens is 514 g/mol. The Morgan fingerprint density at radius 1 is 1.05 bits per heavy atom. The summed E-state index contributed by atoms with van der Waals surface area (Å²) in [5.41, 5.74) is 2.78. The monoisotopic (exact) mass is 547 g/mol. The van der Waals surface area contributed by atoms with Crippen molar-refractivity contribution >= 4 is 45.5 Å². The number of nitrogens with zero attached hydrogens (tertiary/aromatic N) is 5. The normalized spacial score (nSPS) is 15.3. The molecule has 0 atom stereocenters. The smallest absolute Gasteiger partial charge is 0.261 e. The minimum absolute atomic E-state index is 0.0802. The van der Waals surface area contributed by atoms with Crippen LogP contribution in [0.4, 0.5) is 11.4 Å². The summed E-state index contributed by atoms with van der Waals surface area (Å²) in [5.74, 6) is -0.430. The van der Waals surface area contributed by atoms with Gasteiger partial charge in [0.15, 0.2) is 0 Å². The molecule has 1 aliphatic rings. The summed E-state index contributed by atoms with van der Waals surface area (Å²) in [7, 11) is 1.73. The number of carbonyl (C=O) groups is 2. The molecule has 0 saturated heterocycles. The van der Waals surface area contributed by atoms with Crippen LogP contribution in [-0.4, -0.2) is 46.4 Å². The van der Waals surface area contributed by atoms with Gasteiger partial charge < -0.3 is 18.8 Å². The van der Waals surface area contributed by atoms with Crippen LogP contribution in [0.15, 0.2) is 57.4 Å². The average molecular weight is 548 g/mol. The quantitative estimate of drug-likeness (QED) is 0.303. The Labute approximate surface area is 231 Å². The molecule has 2 amide bonds. The van der Waals surface area contributed by atoms with E-state index in [-0.39, 0.29) is 17.4 Å². The largest absolute Gasteiger partial charge is 0.464 e. The van der Waals surface area contributed by atoms with Crippen LogP contribution in [0.5, 0.6) is 0 Å². The van der Waals surface area contributed by atoms with Gasteiger partial charge in [0.05, 0.1) is 29.6 Å². The van der Waals surface area contributed by atoms with Gasteiger partial charge in [-0.2, -0.15) is 0 Å². The highest BCUT2D eigenvalue weighted by Gasteiger charge is 2.45. The second kappa shape index (κ2) is 10.4. The van der Waals surface area contributed by atoms with Crippen molar-refractivity contribution in [3.63, 3.8) is 0 Å². The molecular formula is C29H33N5O4S. The average Bonchev–Trinajstić information content (AvgIpc) is 3.56. The molecule has 0 aliphatic carbocycles. The van der Waals surface area contributed by atoms with Crippen molar-refractivity contribution in [1.29, 1.82) is 0 Å². The second-order valence-electron chi connectivity index (χ2n) is 10.5. The van der Waals surface area contributed by atoms with E-state index in [1.54, 1.807) is 58.9 Å². The molecule has 0 spiro atoms. The lowest BCUT2D eigenvalue weighted by molar-refractivity contribution is -0.137. The van der Waals surface area contributed by atoms with Crippen LogP contribution in [0, 0.1) is 12.3 Å². The van der Waals surface area contributed by atoms with E-state index in [0.717, 1.165) is 22.0 Å². The van der Waals surface area contributed by atoms with E-state index >= 15 is 0 Å². The SMILES string of the molecule is CCN1C(=O)C(C)(C)C(=O)N(C)c2cc(CN(CCn3ccc4occc4c3=O)Cc3nc(C)cs3)ccc21. The van der Waals surface area contributed by atoms with Crippen LogP contribution < -0.4 is 15.4 Å². The lowest BCUT2D eigenvalue weighted by Crippen LogP contribution is -2.47. The number of hydrogen-bond acceptors (Lipinski definition) is 7. The highest BCUT2D eigenvalue weighted by molar-refractivity contribution is 7.09. The molecule has 1 aromatic carbocycles. The molecule has 39 heavy (non-hydrogen) atoms. The Balaban J connectivity index is 1.44. The van der Waals surface area contributed by atoms with Crippen molar-refractivity contribution in [3.05, 3.63) is 74.8 Å². The molecule has 0 bridgehead atoms. The molecule has 4 aromatic rings. The van der Waals surface area contributed by atoms with Gasteiger partial charge in [-0.25, -0.2) is 4.98 Å². The van der Waals surface area contributed by atoms with Gasteiger partial charge >= 0.3 is 0 Å². The number of fused-ring (bicyclic) bond motifs is 2. The number of anilines is 2. The maximum Gasteiger partial charge on any atom is 0.261 e. The molecule has 10 heteroatoms. The van der Waals surface area contributed by atoms with Crippen LogP contribution in [0.25, 0.3) is 11.0 Å². The van der Waals surface area contributed by atoms with Crippen molar-refractivity contribution in [2.45, 2.75) is 47.3 Å². The Morgan fingerprint density at radius 3 is 2.56 bits per heavy atom. The van der Waals surface area contributed by atoms with Crippen LogP contribution in [-0.2, 0) is 29.2 Å². The number of amides is 2. The van der Waals surface area contributed by atoms with E-state index < -0.39 is 5.41 Å². The van der Waals surface area contributed by atoms with E-state index in [1.807, 2.05) is 43.5 Å². The maximum atomic E-state index is 13.3. The van der Waals surface area contributed by atoms with Gasteiger partial charge in [-0.15, -0.1) is 11.3 Å². The summed E-state index contributed by atoms with van der Waals surface area (Å²) in [4.78, 5) is 49.6. The Bertz CT molecular complexity index is 1600. The first kappa shape index (κ1) is 26.8. The van der Waals surface area contributed by atoms with Crippen molar-refractivity contribution in [2.24, 2.45) is 5.41 Å². The molecule has 0 radical (unpaired) electrons. The Hall–Kier alpha value is -3.76. The number of carbonyl (C=O) groups excluding carboxylic acids is 2. The number of hydrogen-bond donors (Lipinski definition) is 0. The fourth-order valence-electron chi connectivity index (χ4n) is 5.12. The van der Waals surface area contributed by atoms with Gasteiger partial charge in [-0.1, -0.05) is 6.07 Å². The number of furan rings is 1. The number of thiazole rings is 1. The predicted octanol–water partition coefficient (Wildman–Crippen LogP) is 4.42. The second-order valence-corrected chi connectivity index (χ2v) is 11.4. The summed E-state index contributed by atoms with van der Waals surface area (Å²) in [6, 6.07) is 9.44. The van der Waals surface area contributed by atoms with E-state index in [9.17, 15) is 14.4 Å². The van der Waals surface area contributed by atoms with E-state index in [1.165, 1.54) is 6.26 Å². The molecule has 204 valence electrons. The first-order valence-electron chi connectivity index (χ1n) is 13.0. The number of rotatable bonds is 8. The van der Waals surface area contributed by atoms with Crippen LogP contribution >= 0.6 is 11.3 Å². The standard InChI is InChI=1S/C29H33N5O4S/c1-6-34-22-8-7-20(15-23(22)31(5)27(36)29(3,4)28(34)37)16-32(17-25-30-19(2)18-39-25)12-13-33-11-9-24-21(26(33)35)10-14-38-24/h7-11,14-15,18H,6,12-13,16-17H2,1-5H3. The summed E-state index contributed by atoms with van der Waals surface area (Å²) in [6.45, 7) is 10.1. The molecule has 0 fully saturated rings. The molecule has 9 nitrogen and oxygen atoms in total. The zero-order valence-electron chi connectivity index (χ0n) is 22.9. The third-order valence-corrected chi connectivity index (χ3v) is 8.26. The van der Waals surface area contributed by atoms with E-state index in [4.69, 9.17) is 4.42 Å². The lowest BCUT2D eigenvalue weighted by atomic mass is 9.90. The van der Waals surface area contributed by atoms with Gasteiger partial charge in [-0.05, 0) is 57.5 Å². The van der Waals surface area contributed by atoms with Crippen LogP contribution in [0.1, 0.15) is 37.0 Å². The fraction of sp³-hybridized carbons (Fsp3) is 0.379. The van der Waals surface area contributed by atoms with Gasteiger partial charge in [-0.3, -0.25) is 19.3 Å². The Morgan fingerprint density at radius 2 is 1.85 bits per heavy atom. The van der Waals surface area contributed by atoms with Crippen molar-refractivity contribution in [3.8, 4) is 0 Å². The molecule has 5 rings (SSSR count). The molecule has 4 heterocycles. The third-order valence-electron chi connectivity index (χ3n) is 7.31. The number of aryl methyl sites for hydroxylation is 1. The number of benzene rings is 1. The Kier molecular flexibility index (Phi) is 7.17. The zero-order valence-corrected chi connectivity index (χ0v) is 23.7. The first-order chi connectivity index (χ1) is 18.6. The highest BCUT2D eigenvalue weighted by atomic mass is 32.1. The van der Waals surface area contributed by atoms with Gasteiger partial charge in [0.2, 0.25) is 11.8 Å². The molecule has 3 aromatic heterocycles. The van der Waals surface area contributed by atoms with Gasteiger partial charge in [0.1, 0.15) is 16.0 Å². The molecule has 1 aliphatic heterocycles. The summed E-state index contributed by atoms with van der Waals surface area (Å²) >= 11 is 1.62. The molecule has 0 saturated carbocycles. The summed E-state index contributed by atoms with van der Waals surface area (Å²) in [5, 5.41) is 3.60. The van der Waals surface area contributed by atoms with Crippen LogP contribution in [0.3, 0.4) is 0 Å². The fourth-order valence-corrected chi connectivity index (χ4v) is 5.93. The number of aromatic nitrogens is 2. The van der Waals surface area contributed by atoms with Gasteiger partial charge in [0.25, 0.3) is 5.56 Å². The lowest BCUT2D eigenvalue weighted by Gasteiger charge is -2.27.